The molecule has 0 aliphatic heterocycles. The maximum absolute atomic E-state index is 6.66. The van der Waals surface area contributed by atoms with Crippen molar-refractivity contribution < 1.29 is 0 Å². The molecule has 18 heavy (non-hydrogen) atoms. The first-order valence-electron chi connectivity index (χ1n) is 7.58. The minimum atomic E-state index is 0.126. The van der Waals surface area contributed by atoms with Gasteiger partial charge in [0.2, 0.25) is 0 Å². The van der Waals surface area contributed by atoms with Crippen LogP contribution in [-0.4, -0.2) is 5.54 Å². The highest BCUT2D eigenvalue weighted by Gasteiger charge is 2.39. The Balaban J connectivity index is 1.56. The molecule has 0 saturated heterocycles. The van der Waals surface area contributed by atoms with Crippen molar-refractivity contribution in [2.45, 2.75) is 56.9 Å². The summed E-state index contributed by atoms with van der Waals surface area (Å²) in [5.41, 5.74) is 8.23. The first-order valence-corrected chi connectivity index (χ1v) is 7.58. The molecule has 2 N–H and O–H groups in total. The molecule has 98 valence electrons. The molecule has 1 aromatic rings. The van der Waals surface area contributed by atoms with Crippen LogP contribution in [0.5, 0.6) is 0 Å². The summed E-state index contributed by atoms with van der Waals surface area (Å²) < 4.78 is 0. The molecule has 2 fully saturated rings. The zero-order valence-electron chi connectivity index (χ0n) is 11.3. The van der Waals surface area contributed by atoms with Crippen LogP contribution in [0.25, 0.3) is 0 Å². The van der Waals surface area contributed by atoms with Crippen LogP contribution in [0.15, 0.2) is 30.3 Å². The Morgan fingerprint density at radius 1 is 1.06 bits per heavy atom. The molecule has 2 saturated carbocycles. The minimum Gasteiger partial charge on any atom is -0.325 e. The zero-order valence-corrected chi connectivity index (χ0v) is 11.3. The molecule has 0 spiro atoms. The molecule has 2 atom stereocenters. The minimum absolute atomic E-state index is 0.126. The normalized spacial score (nSPS) is 32.4. The molecule has 0 radical (unpaired) electrons. The molecule has 2 aliphatic rings. The molecular weight excluding hydrogens is 218 g/mol. The van der Waals surface area contributed by atoms with E-state index >= 15 is 0 Å². The molecule has 0 amide bonds. The Morgan fingerprint density at radius 3 is 2.56 bits per heavy atom. The lowest BCUT2D eigenvalue weighted by Gasteiger charge is -2.38. The predicted molar refractivity (Wildman–Crippen MR) is 76.4 cm³/mol. The Morgan fingerprint density at radius 2 is 1.83 bits per heavy atom. The predicted octanol–water partition coefficient (Wildman–Crippen LogP) is 3.92. The van der Waals surface area contributed by atoms with Crippen LogP contribution < -0.4 is 5.73 Å². The topological polar surface area (TPSA) is 26.0 Å². The first-order chi connectivity index (χ1) is 8.75. The van der Waals surface area contributed by atoms with Crippen LogP contribution in [0, 0.1) is 11.8 Å². The van der Waals surface area contributed by atoms with Crippen molar-refractivity contribution in [1.82, 2.24) is 0 Å². The van der Waals surface area contributed by atoms with Gasteiger partial charge >= 0.3 is 0 Å². The highest BCUT2D eigenvalue weighted by Crippen LogP contribution is 2.46. The van der Waals surface area contributed by atoms with E-state index in [4.69, 9.17) is 5.73 Å². The monoisotopic (exact) mass is 243 g/mol. The maximum atomic E-state index is 6.66. The molecule has 3 rings (SSSR count). The Bertz CT molecular complexity index is 382. The fourth-order valence-corrected chi connectivity index (χ4v) is 3.68. The summed E-state index contributed by atoms with van der Waals surface area (Å²) in [6.07, 6.45) is 10.6. The van der Waals surface area contributed by atoms with E-state index in [0.717, 1.165) is 18.3 Å². The fraction of sp³-hybridized carbons (Fsp3) is 0.647. The van der Waals surface area contributed by atoms with Crippen molar-refractivity contribution in [3.8, 4) is 0 Å². The van der Waals surface area contributed by atoms with E-state index < -0.39 is 0 Å². The van der Waals surface area contributed by atoms with Gasteiger partial charge in [-0.25, -0.2) is 0 Å². The number of hydrogen-bond donors (Lipinski definition) is 1. The Labute approximate surface area is 111 Å². The molecular formula is C17H25N. The maximum Gasteiger partial charge on any atom is 0.0160 e. The second-order valence-electron chi connectivity index (χ2n) is 6.54. The Hall–Kier alpha value is -0.820. The molecule has 0 aromatic heterocycles. The summed E-state index contributed by atoms with van der Waals surface area (Å²) in [6, 6.07) is 10.8. The third kappa shape index (κ3) is 2.95. The van der Waals surface area contributed by atoms with Gasteiger partial charge in [0, 0.05) is 5.54 Å². The lowest BCUT2D eigenvalue weighted by Crippen LogP contribution is -2.45. The van der Waals surface area contributed by atoms with E-state index in [-0.39, 0.29) is 5.54 Å². The van der Waals surface area contributed by atoms with E-state index in [1.165, 1.54) is 50.5 Å². The highest BCUT2D eigenvalue weighted by atomic mass is 14.7. The van der Waals surface area contributed by atoms with Gasteiger partial charge in [-0.2, -0.15) is 0 Å². The smallest absolute Gasteiger partial charge is 0.0160 e. The summed E-state index contributed by atoms with van der Waals surface area (Å²) in [4.78, 5) is 0. The van der Waals surface area contributed by atoms with Gasteiger partial charge in [0.25, 0.3) is 0 Å². The second kappa shape index (κ2) is 5.05. The van der Waals surface area contributed by atoms with E-state index in [9.17, 15) is 0 Å². The average molecular weight is 243 g/mol. The van der Waals surface area contributed by atoms with E-state index in [1.54, 1.807) is 0 Å². The molecule has 1 nitrogen and oxygen atoms in total. The number of benzene rings is 1. The van der Waals surface area contributed by atoms with Crippen molar-refractivity contribution in [2.24, 2.45) is 17.6 Å². The lowest BCUT2D eigenvalue weighted by molar-refractivity contribution is 0.195. The van der Waals surface area contributed by atoms with Crippen molar-refractivity contribution in [2.75, 3.05) is 0 Å². The van der Waals surface area contributed by atoms with Crippen molar-refractivity contribution in [3.05, 3.63) is 35.9 Å². The summed E-state index contributed by atoms with van der Waals surface area (Å²) in [6.45, 7) is 0. The van der Waals surface area contributed by atoms with Crippen LogP contribution in [0.1, 0.15) is 50.5 Å². The Kier molecular flexibility index (Phi) is 3.43. The van der Waals surface area contributed by atoms with Gasteiger partial charge in [0.05, 0.1) is 0 Å². The summed E-state index contributed by atoms with van der Waals surface area (Å²) in [7, 11) is 0. The molecule has 2 aliphatic carbocycles. The highest BCUT2D eigenvalue weighted by molar-refractivity contribution is 5.15. The van der Waals surface area contributed by atoms with Crippen LogP contribution >= 0.6 is 0 Å². The summed E-state index contributed by atoms with van der Waals surface area (Å²) in [5, 5.41) is 0. The van der Waals surface area contributed by atoms with E-state index in [2.05, 4.69) is 30.3 Å². The van der Waals surface area contributed by atoms with Gasteiger partial charge in [0.1, 0.15) is 0 Å². The van der Waals surface area contributed by atoms with Crippen molar-refractivity contribution >= 4 is 0 Å². The van der Waals surface area contributed by atoms with Crippen LogP contribution in [0.4, 0.5) is 0 Å². The van der Waals surface area contributed by atoms with Crippen molar-refractivity contribution in [3.63, 3.8) is 0 Å². The number of aryl methyl sites for hydroxylation is 1. The van der Waals surface area contributed by atoms with E-state index in [0.29, 0.717) is 0 Å². The van der Waals surface area contributed by atoms with Gasteiger partial charge in [-0.3, -0.25) is 0 Å². The van der Waals surface area contributed by atoms with E-state index in [1.807, 2.05) is 0 Å². The average Bonchev–Trinajstić information content (AvgIpc) is 3.22. The van der Waals surface area contributed by atoms with Gasteiger partial charge in [0.15, 0.2) is 0 Å². The number of rotatable bonds is 4. The first kappa shape index (κ1) is 12.2. The van der Waals surface area contributed by atoms with Crippen LogP contribution in [0.3, 0.4) is 0 Å². The van der Waals surface area contributed by atoms with Gasteiger partial charge in [-0.05, 0) is 55.9 Å². The summed E-state index contributed by atoms with van der Waals surface area (Å²) >= 11 is 0. The fourth-order valence-electron chi connectivity index (χ4n) is 3.68. The van der Waals surface area contributed by atoms with Crippen molar-refractivity contribution in [1.29, 1.82) is 0 Å². The van der Waals surface area contributed by atoms with Gasteiger partial charge in [-0.1, -0.05) is 43.2 Å². The molecule has 1 heteroatoms. The number of hydrogen-bond acceptors (Lipinski definition) is 1. The molecule has 0 heterocycles. The molecule has 2 unspecified atom stereocenters. The molecule has 0 bridgehead atoms. The lowest BCUT2D eigenvalue weighted by atomic mass is 9.72. The molecule has 1 aromatic carbocycles. The quantitative estimate of drug-likeness (QED) is 0.852. The second-order valence-corrected chi connectivity index (χ2v) is 6.54. The van der Waals surface area contributed by atoms with Crippen LogP contribution in [-0.2, 0) is 6.42 Å². The zero-order chi connectivity index (χ0) is 12.4. The third-order valence-electron chi connectivity index (χ3n) is 4.96. The third-order valence-corrected chi connectivity index (χ3v) is 4.96. The number of nitrogens with two attached hydrogens (primary N) is 1. The SMILES string of the molecule is NC1(CCc2ccccc2)CCCC(C2CC2)C1. The standard InChI is InChI=1S/C17H25N/c18-17(12-10-14-5-2-1-3-6-14)11-4-7-16(13-17)15-8-9-15/h1-3,5-6,15-16H,4,7-13,18H2. The van der Waals surface area contributed by atoms with Gasteiger partial charge in [-0.15, -0.1) is 0 Å². The summed E-state index contributed by atoms with van der Waals surface area (Å²) in [5.74, 6) is 1.98. The largest absolute Gasteiger partial charge is 0.325 e. The van der Waals surface area contributed by atoms with Gasteiger partial charge < -0.3 is 5.73 Å². The van der Waals surface area contributed by atoms with Crippen LogP contribution in [0.2, 0.25) is 0 Å².